The van der Waals surface area contributed by atoms with E-state index in [1.54, 1.807) is 12.1 Å². The topological polar surface area (TPSA) is 75.4 Å². The van der Waals surface area contributed by atoms with Gasteiger partial charge in [-0.05, 0) is 24.5 Å². The summed E-state index contributed by atoms with van der Waals surface area (Å²) in [7, 11) is 0. The van der Waals surface area contributed by atoms with Crippen LogP contribution in [0.4, 0.5) is 5.69 Å². The van der Waals surface area contributed by atoms with Crippen molar-refractivity contribution in [3.8, 4) is 0 Å². The Hall–Kier alpha value is -1.17. The maximum absolute atomic E-state index is 10.9. The molecule has 0 fully saturated rings. The third-order valence-corrected chi connectivity index (χ3v) is 2.92. The highest BCUT2D eigenvalue weighted by molar-refractivity contribution is 6.30. The van der Waals surface area contributed by atoms with E-state index >= 15 is 0 Å². The van der Waals surface area contributed by atoms with Gasteiger partial charge in [0.2, 0.25) is 0 Å². The molecule has 1 aromatic rings. The number of aliphatic hydroxyl groups is 1. The number of halogens is 1. The summed E-state index contributed by atoms with van der Waals surface area (Å²) >= 11 is 5.74. The lowest BCUT2D eigenvalue weighted by Crippen LogP contribution is -2.27. The maximum atomic E-state index is 10.9. The van der Waals surface area contributed by atoms with Crippen LogP contribution in [0.3, 0.4) is 0 Å². The Morgan fingerprint density at radius 3 is 2.74 bits per heavy atom. The van der Waals surface area contributed by atoms with Gasteiger partial charge in [0.15, 0.2) is 0 Å². The van der Waals surface area contributed by atoms with E-state index in [1.807, 2.05) is 13.8 Å². The second-order valence-corrected chi connectivity index (χ2v) is 5.38. The SMILES string of the molecule is CC(C)CC(O)CNCc1ccc(Cl)cc1[N+](=O)[O-]. The van der Waals surface area contributed by atoms with Gasteiger partial charge in [-0.3, -0.25) is 10.1 Å². The lowest BCUT2D eigenvalue weighted by atomic mass is 10.1. The third kappa shape index (κ3) is 5.55. The van der Waals surface area contributed by atoms with E-state index in [1.165, 1.54) is 6.07 Å². The van der Waals surface area contributed by atoms with E-state index in [0.717, 1.165) is 0 Å². The van der Waals surface area contributed by atoms with Crippen molar-refractivity contribution in [1.82, 2.24) is 5.32 Å². The predicted octanol–water partition coefficient (Wildman–Crippen LogP) is 2.74. The molecule has 0 aromatic heterocycles. The van der Waals surface area contributed by atoms with Gasteiger partial charge >= 0.3 is 0 Å². The number of rotatable bonds is 7. The molecule has 2 N–H and O–H groups in total. The summed E-state index contributed by atoms with van der Waals surface area (Å²) in [5, 5.41) is 24.0. The zero-order valence-corrected chi connectivity index (χ0v) is 11.9. The molecule has 6 heteroatoms. The molecule has 0 amide bonds. The molecule has 0 aliphatic heterocycles. The number of nitro benzene ring substituents is 1. The van der Waals surface area contributed by atoms with E-state index in [-0.39, 0.29) is 5.69 Å². The highest BCUT2D eigenvalue weighted by atomic mass is 35.5. The average Bonchev–Trinajstić information content (AvgIpc) is 2.29. The van der Waals surface area contributed by atoms with Gasteiger partial charge in [-0.25, -0.2) is 0 Å². The van der Waals surface area contributed by atoms with Gasteiger partial charge in [0.1, 0.15) is 0 Å². The second kappa shape index (κ2) is 7.43. The molecular weight excluding hydrogens is 268 g/mol. The van der Waals surface area contributed by atoms with Crippen molar-refractivity contribution in [2.45, 2.75) is 32.9 Å². The van der Waals surface area contributed by atoms with E-state index in [4.69, 9.17) is 11.6 Å². The van der Waals surface area contributed by atoms with Crippen LogP contribution in [0.1, 0.15) is 25.8 Å². The number of nitrogens with one attached hydrogen (secondary N) is 1. The fourth-order valence-electron chi connectivity index (χ4n) is 1.86. The molecule has 0 bridgehead atoms. The van der Waals surface area contributed by atoms with Crippen molar-refractivity contribution in [1.29, 1.82) is 0 Å². The van der Waals surface area contributed by atoms with E-state index in [9.17, 15) is 15.2 Å². The molecule has 0 aliphatic rings. The van der Waals surface area contributed by atoms with Crippen molar-refractivity contribution in [2.24, 2.45) is 5.92 Å². The predicted molar refractivity (Wildman–Crippen MR) is 75.3 cm³/mol. The third-order valence-electron chi connectivity index (χ3n) is 2.68. The molecule has 0 heterocycles. The van der Waals surface area contributed by atoms with Crippen molar-refractivity contribution >= 4 is 17.3 Å². The Bertz CT molecular complexity index is 438. The van der Waals surface area contributed by atoms with Crippen LogP contribution in [0.2, 0.25) is 5.02 Å². The summed E-state index contributed by atoms with van der Waals surface area (Å²) in [5.74, 6) is 0.418. The molecule has 1 unspecified atom stereocenters. The Morgan fingerprint density at radius 2 is 2.16 bits per heavy atom. The first-order valence-electron chi connectivity index (χ1n) is 6.21. The van der Waals surface area contributed by atoms with Crippen LogP contribution in [0.25, 0.3) is 0 Å². The smallest absolute Gasteiger partial charge is 0.275 e. The number of aliphatic hydroxyl groups excluding tert-OH is 1. The van der Waals surface area contributed by atoms with Crippen molar-refractivity contribution in [2.75, 3.05) is 6.54 Å². The fraction of sp³-hybridized carbons (Fsp3) is 0.538. The van der Waals surface area contributed by atoms with Gasteiger partial charge in [-0.2, -0.15) is 0 Å². The minimum atomic E-state index is -0.451. The molecule has 106 valence electrons. The lowest BCUT2D eigenvalue weighted by Gasteiger charge is -2.13. The molecule has 0 saturated heterocycles. The number of hydrogen-bond donors (Lipinski definition) is 2. The van der Waals surface area contributed by atoms with Crippen LogP contribution in [0.5, 0.6) is 0 Å². The molecule has 1 rings (SSSR count). The van der Waals surface area contributed by atoms with Gasteiger partial charge in [-0.1, -0.05) is 25.4 Å². The van der Waals surface area contributed by atoms with Crippen LogP contribution in [-0.2, 0) is 6.54 Å². The van der Waals surface area contributed by atoms with Crippen LogP contribution in [0.15, 0.2) is 18.2 Å². The van der Waals surface area contributed by atoms with E-state index < -0.39 is 11.0 Å². The van der Waals surface area contributed by atoms with Crippen LogP contribution in [0, 0.1) is 16.0 Å². The summed E-state index contributed by atoms with van der Waals surface area (Å²) in [6.45, 7) is 4.82. The molecule has 1 atom stereocenters. The minimum Gasteiger partial charge on any atom is -0.392 e. The molecule has 1 aromatic carbocycles. The molecule has 5 nitrogen and oxygen atoms in total. The Morgan fingerprint density at radius 1 is 1.47 bits per heavy atom. The largest absolute Gasteiger partial charge is 0.392 e. The molecule has 0 radical (unpaired) electrons. The van der Waals surface area contributed by atoms with Crippen molar-refractivity contribution in [3.63, 3.8) is 0 Å². The molecule has 0 saturated carbocycles. The highest BCUT2D eigenvalue weighted by Crippen LogP contribution is 2.22. The number of nitro groups is 1. The summed E-state index contributed by atoms with van der Waals surface area (Å²) < 4.78 is 0. The van der Waals surface area contributed by atoms with E-state index in [0.29, 0.717) is 36.0 Å². The summed E-state index contributed by atoms with van der Waals surface area (Å²) in [5.41, 5.74) is 0.560. The second-order valence-electron chi connectivity index (χ2n) is 4.94. The van der Waals surface area contributed by atoms with E-state index in [2.05, 4.69) is 5.32 Å². The average molecular weight is 287 g/mol. The molecule has 19 heavy (non-hydrogen) atoms. The Labute approximate surface area is 117 Å². The Kier molecular flexibility index (Phi) is 6.21. The molecule has 0 aliphatic carbocycles. The summed E-state index contributed by atoms with van der Waals surface area (Å²) in [6, 6.07) is 4.58. The van der Waals surface area contributed by atoms with Crippen molar-refractivity contribution < 1.29 is 10.0 Å². The zero-order valence-electron chi connectivity index (χ0n) is 11.1. The number of benzene rings is 1. The lowest BCUT2D eigenvalue weighted by molar-refractivity contribution is -0.385. The van der Waals surface area contributed by atoms with Crippen LogP contribution < -0.4 is 5.32 Å². The highest BCUT2D eigenvalue weighted by Gasteiger charge is 2.14. The molecular formula is C13H19ClN2O3. The van der Waals surface area contributed by atoms with Gasteiger partial charge < -0.3 is 10.4 Å². The first kappa shape index (κ1) is 15.9. The van der Waals surface area contributed by atoms with Crippen molar-refractivity contribution in [3.05, 3.63) is 38.9 Å². The van der Waals surface area contributed by atoms with Crippen LogP contribution >= 0.6 is 11.6 Å². The van der Waals surface area contributed by atoms with Gasteiger partial charge in [0.25, 0.3) is 5.69 Å². The van der Waals surface area contributed by atoms with Gasteiger partial charge in [0.05, 0.1) is 11.0 Å². The zero-order chi connectivity index (χ0) is 14.4. The first-order valence-corrected chi connectivity index (χ1v) is 6.59. The fourth-order valence-corrected chi connectivity index (χ4v) is 2.02. The van der Waals surface area contributed by atoms with Gasteiger partial charge in [-0.15, -0.1) is 0 Å². The maximum Gasteiger partial charge on any atom is 0.275 e. The first-order chi connectivity index (χ1) is 8.90. The van der Waals surface area contributed by atoms with Crippen LogP contribution in [-0.4, -0.2) is 22.7 Å². The minimum absolute atomic E-state index is 0.00153. The summed E-state index contributed by atoms with van der Waals surface area (Å²) in [6.07, 6.45) is 0.266. The quantitative estimate of drug-likeness (QED) is 0.597. The molecule has 0 spiro atoms. The summed E-state index contributed by atoms with van der Waals surface area (Å²) in [4.78, 5) is 10.4. The number of nitrogens with zero attached hydrogens (tertiary/aromatic N) is 1. The standard InChI is InChI=1S/C13H19ClN2O3/c1-9(2)5-12(17)8-15-7-10-3-4-11(14)6-13(10)16(18)19/h3-4,6,9,12,15,17H,5,7-8H2,1-2H3. The van der Waals surface area contributed by atoms with Gasteiger partial charge in [0, 0.05) is 29.7 Å². The normalized spacial score (nSPS) is 12.7. The monoisotopic (exact) mass is 286 g/mol. The Balaban J connectivity index is 2.56. The number of hydrogen-bond acceptors (Lipinski definition) is 4.